The van der Waals surface area contributed by atoms with E-state index in [1.54, 1.807) is 20.4 Å². The SMILES string of the molecule is CCNC(=O)Nc1cnc2nccc(-c3ccc(OC)c(OC)c3)c2n1. The van der Waals surface area contributed by atoms with Crippen molar-refractivity contribution in [1.29, 1.82) is 0 Å². The van der Waals surface area contributed by atoms with Gasteiger partial charge in [-0.3, -0.25) is 5.32 Å². The Bertz CT molecular complexity index is 945. The van der Waals surface area contributed by atoms with Crippen LogP contribution in [0.15, 0.2) is 36.7 Å². The number of benzene rings is 1. The standard InChI is InChI=1S/C18H19N5O3/c1-4-19-18(24)23-15-10-21-17-16(22-15)12(7-8-20-17)11-5-6-13(25-2)14(9-11)26-3/h5-10H,4H2,1-3H3,(H2,19,22,23,24). The Hall–Kier alpha value is -3.42. The Balaban J connectivity index is 2.07. The fraction of sp³-hybridized carbons (Fsp3) is 0.222. The van der Waals surface area contributed by atoms with Crippen molar-refractivity contribution in [3.05, 3.63) is 36.7 Å². The number of rotatable bonds is 5. The fourth-order valence-corrected chi connectivity index (χ4v) is 2.54. The summed E-state index contributed by atoms with van der Waals surface area (Å²) < 4.78 is 10.7. The molecule has 26 heavy (non-hydrogen) atoms. The quantitative estimate of drug-likeness (QED) is 0.732. The van der Waals surface area contributed by atoms with Gasteiger partial charge in [0.2, 0.25) is 0 Å². The molecule has 2 N–H and O–H groups in total. The van der Waals surface area contributed by atoms with Crippen LogP contribution in [0, 0.1) is 0 Å². The Labute approximate surface area is 150 Å². The minimum Gasteiger partial charge on any atom is -0.493 e. The number of fused-ring (bicyclic) bond motifs is 1. The number of amides is 2. The summed E-state index contributed by atoms with van der Waals surface area (Å²) >= 11 is 0. The van der Waals surface area contributed by atoms with Crippen LogP contribution in [0.3, 0.4) is 0 Å². The second-order valence-corrected chi connectivity index (χ2v) is 5.34. The molecule has 0 bridgehead atoms. The molecule has 0 aliphatic heterocycles. The largest absolute Gasteiger partial charge is 0.493 e. The van der Waals surface area contributed by atoms with Crippen LogP contribution in [0.25, 0.3) is 22.3 Å². The number of methoxy groups -OCH3 is 2. The molecule has 8 nitrogen and oxygen atoms in total. The third-order valence-corrected chi connectivity index (χ3v) is 3.72. The first-order valence-electron chi connectivity index (χ1n) is 8.05. The zero-order chi connectivity index (χ0) is 18.5. The number of carbonyl (C=O) groups excluding carboxylic acids is 1. The van der Waals surface area contributed by atoms with E-state index in [0.717, 1.165) is 11.1 Å². The first-order valence-corrected chi connectivity index (χ1v) is 8.05. The number of carbonyl (C=O) groups is 1. The van der Waals surface area contributed by atoms with E-state index in [0.29, 0.717) is 35.0 Å². The van der Waals surface area contributed by atoms with Crippen molar-refractivity contribution in [3.8, 4) is 22.6 Å². The second-order valence-electron chi connectivity index (χ2n) is 5.34. The smallest absolute Gasteiger partial charge is 0.320 e. The van der Waals surface area contributed by atoms with Crippen molar-refractivity contribution in [3.63, 3.8) is 0 Å². The maximum Gasteiger partial charge on any atom is 0.320 e. The van der Waals surface area contributed by atoms with Crippen LogP contribution in [-0.2, 0) is 0 Å². The lowest BCUT2D eigenvalue weighted by Crippen LogP contribution is -2.28. The molecule has 1 aromatic carbocycles. The van der Waals surface area contributed by atoms with Crippen LogP contribution >= 0.6 is 0 Å². The molecule has 3 rings (SSSR count). The summed E-state index contributed by atoms with van der Waals surface area (Å²) in [5.74, 6) is 1.59. The number of nitrogens with zero attached hydrogens (tertiary/aromatic N) is 3. The maximum atomic E-state index is 11.7. The molecule has 0 fully saturated rings. The highest BCUT2D eigenvalue weighted by Crippen LogP contribution is 2.34. The molecular formula is C18H19N5O3. The third-order valence-electron chi connectivity index (χ3n) is 3.72. The van der Waals surface area contributed by atoms with Gasteiger partial charge in [-0.05, 0) is 30.7 Å². The molecule has 0 atom stereocenters. The van der Waals surface area contributed by atoms with E-state index in [1.807, 2.05) is 31.2 Å². The van der Waals surface area contributed by atoms with Gasteiger partial charge in [0.05, 0.1) is 20.4 Å². The van der Waals surface area contributed by atoms with E-state index < -0.39 is 0 Å². The number of pyridine rings is 1. The average Bonchev–Trinajstić information content (AvgIpc) is 2.67. The minimum atomic E-state index is -0.335. The van der Waals surface area contributed by atoms with Crippen molar-refractivity contribution < 1.29 is 14.3 Å². The molecule has 0 spiro atoms. The van der Waals surface area contributed by atoms with Crippen LogP contribution in [-0.4, -0.2) is 41.7 Å². The third kappa shape index (κ3) is 3.49. The van der Waals surface area contributed by atoms with Gasteiger partial charge < -0.3 is 14.8 Å². The highest BCUT2D eigenvalue weighted by molar-refractivity contribution is 5.93. The number of anilines is 1. The average molecular weight is 353 g/mol. The highest BCUT2D eigenvalue weighted by atomic mass is 16.5. The van der Waals surface area contributed by atoms with E-state index in [9.17, 15) is 4.79 Å². The molecule has 0 saturated heterocycles. The van der Waals surface area contributed by atoms with E-state index in [4.69, 9.17) is 9.47 Å². The molecule has 8 heteroatoms. The van der Waals surface area contributed by atoms with Crippen LogP contribution in [0.4, 0.5) is 10.6 Å². The summed E-state index contributed by atoms with van der Waals surface area (Å²) in [6.45, 7) is 2.36. The van der Waals surface area contributed by atoms with E-state index in [1.165, 1.54) is 6.20 Å². The Kier molecular flexibility index (Phi) is 5.12. The number of aromatic nitrogens is 3. The first kappa shape index (κ1) is 17.4. The monoisotopic (exact) mass is 353 g/mol. The molecule has 0 unspecified atom stereocenters. The number of ether oxygens (including phenoxy) is 2. The van der Waals surface area contributed by atoms with Gasteiger partial charge in [0.1, 0.15) is 5.52 Å². The maximum absolute atomic E-state index is 11.7. The van der Waals surface area contributed by atoms with Crippen molar-refractivity contribution in [2.24, 2.45) is 0 Å². The van der Waals surface area contributed by atoms with Crippen molar-refractivity contribution in [2.75, 3.05) is 26.1 Å². The zero-order valence-electron chi connectivity index (χ0n) is 14.7. The van der Waals surface area contributed by atoms with Crippen molar-refractivity contribution in [2.45, 2.75) is 6.92 Å². The van der Waals surface area contributed by atoms with E-state index in [2.05, 4.69) is 25.6 Å². The van der Waals surface area contributed by atoms with Gasteiger partial charge >= 0.3 is 6.03 Å². The molecule has 134 valence electrons. The van der Waals surface area contributed by atoms with Crippen LogP contribution in [0.1, 0.15) is 6.92 Å². The van der Waals surface area contributed by atoms with Gasteiger partial charge in [-0.1, -0.05) is 6.07 Å². The van der Waals surface area contributed by atoms with Crippen LogP contribution in [0.5, 0.6) is 11.5 Å². The molecule has 2 aromatic heterocycles. The number of nitrogens with one attached hydrogen (secondary N) is 2. The lowest BCUT2D eigenvalue weighted by Gasteiger charge is -2.11. The fourth-order valence-electron chi connectivity index (χ4n) is 2.54. The summed E-state index contributed by atoms with van der Waals surface area (Å²) in [5.41, 5.74) is 2.76. The highest BCUT2D eigenvalue weighted by Gasteiger charge is 2.12. The topological polar surface area (TPSA) is 98.3 Å². The normalized spacial score (nSPS) is 10.4. The Morgan fingerprint density at radius 2 is 1.92 bits per heavy atom. The zero-order valence-corrected chi connectivity index (χ0v) is 14.7. The van der Waals surface area contributed by atoms with Gasteiger partial charge in [-0.25, -0.2) is 19.7 Å². The van der Waals surface area contributed by atoms with Gasteiger partial charge in [0.25, 0.3) is 0 Å². The van der Waals surface area contributed by atoms with Gasteiger partial charge in [-0.2, -0.15) is 0 Å². The molecule has 0 saturated carbocycles. The predicted octanol–water partition coefficient (Wildman–Crippen LogP) is 2.85. The van der Waals surface area contributed by atoms with Gasteiger partial charge in [0, 0.05) is 18.3 Å². The minimum absolute atomic E-state index is 0.335. The molecule has 0 aliphatic rings. The van der Waals surface area contributed by atoms with E-state index in [-0.39, 0.29) is 6.03 Å². The van der Waals surface area contributed by atoms with Gasteiger partial charge in [0.15, 0.2) is 23.0 Å². The van der Waals surface area contributed by atoms with Crippen molar-refractivity contribution >= 4 is 23.0 Å². The Morgan fingerprint density at radius 3 is 2.65 bits per heavy atom. The molecule has 0 aliphatic carbocycles. The molecular weight excluding hydrogens is 334 g/mol. The molecule has 3 aromatic rings. The summed E-state index contributed by atoms with van der Waals surface area (Å²) in [5, 5.41) is 5.31. The Morgan fingerprint density at radius 1 is 1.12 bits per heavy atom. The van der Waals surface area contributed by atoms with Crippen LogP contribution in [0.2, 0.25) is 0 Å². The van der Waals surface area contributed by atoms with Crippen molar-refractivity contribution in [1.82, 2.24) is 20.3 Å². The molecule has 2 amide bonds. The second kappa shape index (κ2) is 7.64. The summed E-state index contributed by atoms with van der Waals surface area (Å²) in [6.07, 6.45) is 3.14. The summed E-state index contributed by atoms with van der Waals surface area (Å²) in [7, 11) is 3.17. The number of urea groups is 1. The summed E-state index contributed by atoms with van der Waals surface area (Å²) in [4.78, 5) is 24.8. The number of hydrogen-bond donors (Lipinski definition) is 2. The van der Waals surface area contributed by atoms with Gasteiger partial charge in [-0.15, -0.1) is 0 Å². The predicted molar refractivity (Wildman–Crippen MR) is 98.6 cm³/mol. The van der Waals surface area contributed by atoms with Crippen LogP contribution < -0.4 is 20.1 Å². The molecule has 0 radical (unpaired) electrons. The molecule has 2 heterocycles. The number of hydrogen-bond acceptors (Lipinski definition) is 6. The first-order chi connectivity index (χ1) is 12.7. The van der Waals surface area contributed by atoms with E-state index >= 15 is 0 Å². The lowest BCUT2D eigenvalue weighted by molar-refractivity contribution is 0.252. The lowest BCUT2D eigenvalue weighted by atomic mass is 10.1. The summed E-state index contributed by atoms with van der Waals surface area (Å²) in [6, 6.07) is 7.09.